The predicted octanol–water partition coefficient (Wildman–Crippen LogP) is 2.94. The molecule has 17 heavy (non-hydrogen) atoms. The molecule has 0 radical (unpaired) electrons. The number of hydrogen-bond donors (Lipinski definition) is 0. The molecule has 0 N–H and O–H groups in total. The molecule has 0 amide bonds. The Bertz CT molecular complexity index is 422. The summed E-state index contributed by atoms with van der Waals surface area (Å²) in [4.78, 5) is 11.7. The third-order valence-electron chi connectivity index (χ3n) is 2.24. The van der Waals surface area contributed by atoms with E-state index < -0.39 is 7.60 Å². The highest BCUT2D eigenvalue weighted by Crippen LogP contribution is 2.46. The molecule has 1 aromatic carbocycles. The zero-order valence-corrected chi connectivity index (χ0v) is 11.3. The number of Topliss-reactive ketones (excluding diaryl/α,β-unsaturated/α-hetero) is 1. The quantitative estimate of drug-likeness (QED) is 0.750. The molecule has 0 unspecified atom stereocenters. The maximum Gasteiger partial charge on any atom is 0.337 e. The second-order valence-electron chi connectivity index (χ2n) is 3.48. The van der Waals surface area contributed by atoms with Gasteiger partial charge in [-0.05, 0) is 17.7 Å². The van der Waals surface area contributed by atoms with Crippen molar-refractivity contribution in [3.8, 4) is 0 Å². The fourth-order valence-electron chi connectivity index (χ4n) is 1.31. The van der Waals surface area contributed by atoms with Crippen molar-refractivity contribution in [1.82, 2.24) is 0 Å². The summed E-state index contributed by atoms with van der Waals surface area (Å²) in [5, 5.41) is 0.612. The maximum absolute atomic E-state index is 11.7. The lowest BCUT2D eigenvalue weighted by Crippen LogP contribution is -2.10. The first-order valence-electron chi connectivity index (χ1n) is 4.96. The summed E-state index contributed by atoms with van der Waals surface area (Å²) in [6.07, 6.45) is -0.0312. The highest BCUT2D eigenvalue weighted by Gasteiger charge is 2.25. The van der Waals surface area contributed by atoms with Crippen molar-refractivity contribution in [2.45, 2.75) is 6.42 Å². The van der Waals surface area contributed by atoms with E-state index in [4.69, 9.17) is 20.6 Å². The van der Waals surface area contributed by atoms with Gasteiger partial charge in [0.25, 0.3) is 0 Å². The normalized spacial score (nSPS) is 11.5. The van der Waals surface area contributed by atoms with E-state index in [2.05, 4.69) is 0 Å². The molecular formula is C11H14ClO4P. The Morgan fingerprint density at radius 3 is 2.24 bits per heavy atom. The molecule has 0 spiro atoms. The van der Waals surface area contributed by atoms with Crippen LogP contribution in [0.5, 0.6) is 0 Å². The van der Waals surface area contributed by atoms with Gasteiger partial charge < -0.3 is 9.05 Å². The second-order valence-corrected chi connectivity index (χ2v) is 6.18. The van der Waals surface area contributed by atoms with Crippen LogP contribution in [0.3, 0.4) is 0 Å². The monoisotopic (exact) mass is 276 g/mol. The fourth-order valence-corrected chi connectivity index (χ4v) is 2.38. The summed E-state index contributed by atoms with van der Waals surface area (Å²) < 4.78 is 21.1. The molecule has 1 rings (SSSR count). The number of ketones is 1. The van der Waals surface area contributed by atoms with Crippen molar-refractivity contribution in [3.05, 3.63) is 34.9 Å². The lowest BCUT2D eigenvalue weighted by atomic mass is 10.1. The fraction of sp³-hybridized carbons (Fsp3) is 0.364. The van der Waals surface area contributed by atoms with Crippen molar-refractivity contribution < 1.29 is 18.4 Å². The Balaban J connectivity index is 2.61. The molecule has 0 heterocycles. The third kappa shape index (κ3) is 4.60. The van der Waals surface area contributed by atoms with Crippen LogP contribution in [0, 0.1) is 0 Å². The topological polar surface area (TPSA) is 52.6 Å². The number of rotatable bonds is 6. The average molecular weight is 277 g/mol. The molecule has 1 aromatic rings. The minimum Gasteiger partial charge on any atom is -0.312 e. The molecule has 0 aliphatic rings. The van der Waals surface area contributed by atoms with E-state index in [-0.39, 0.29) is 18.4 Å². The number of halogens is 1. The number of benzene rings is 1. The second kappa shape index (κ2) is 6.31. The van der Waals surface area contributed by atoms with E-state index in [0.29, 0.717) is 5.02 Å². The SMILES string of the molecule is COP(=O)(CC(=O)Cc1ccc(Cl)cc1)OC. The highest BCUT2D eigenvalue weighted by molar-refractivity contribution is 7.54. The molecule has 0 saturated heterocycles. The van der Waals surface area contributed by atoms with Gasteiger partial charge in [0, 0.05) is 25.7 Å². The van der Waals surface area contributed by atoms with Gasteiger partial charge in [0.15, 0.2) is 0 Å². The summed E-state index contributed by atoms with van der Waals surface area (Å²) in [5.74, 6) is -0.195. The standard InChI is InChI=1S/C11H14ClO4P/c1-15-17(14,16-2)8-11(13)7-9-3-5-10(12)6-4-9/h3-6H,7-8H2,1-2H3. The van der Waals surface area contributed by atoms with Crippen molar-refractivity contribution in [3.63, 3.8) is 0 Å². The predicted molar refractivity (Wildman–Crippen MR) is 66.7 cm³/mol. The molecule has 0 saturated carbocycles. The van der Waals surface area contributed by atoms with E-state index in [0.717, 1.165) is 5.56 Å². The van der Waals surface area contributed by atoms with E-state index >= 15 is 0 Å². The van der Waals surface area contributed by atoms with Gasteiger partial charge in [-0.1, -0.05) is 23.7 Å². The van der Waals surface area contributed by atoms with E-state index in [9.17, 15) is 9.36 Å². The Hall–Kier alpha value is -0.670. The molecule has 4 nitrogen and oxygen atoms in total. The Labute approximate surface area is 105 Å². The van der Waals surface area contributed by atoms with Crippen LogP contribution >= 0.6 is 19.2 Å². The summed E-state index contributed by atoms with van der Waals surface area (Å²) in [7, 11) is -0.732. The first-order chi connectivity index (χ1) is 7.99. The van der Waals surface area contributed by atoms with E-state index in [1.165, 1.54) is 14.2 Å². The lowest BCUT2D eigenvalue weighted by Gasteiger charge is -2.12. The van der Waals surface area contributed by atoms with Crippen LogP contribution in [0.15, 0.2) is 24.3 Å². The highest BCUT2D eigenvalue weighted by atomic mass is 35.5. The summed E-state index contributed by atoms with van der Waals surface area (Å²) >= 11 is 5.73. The minimum atomic E-state index is -3.26. The van der Waals surface area contributed by atoms with Gasteiger partial charge in [0.2, 0.25) is 0 Å². The average Bonchev–Trinajstić information content (AvgIpc) is 2.32. The van der Waals surface area contributed by atoms with Gasteiger partial charge >= 0.3 is 7.60 Å². The zero-order valence-electron chi connectivity index (χ0n) is 9.68. The van der Waals surface area contributed by atoms with Gasteiger partial charge in [-0.2, -0.15) is 0 Å². The molecule has 0 aromatic heterocycles. The van der Waals surface area contributed by atoms with Crippen molar-refractivity contribution in [2.24, 2.45) is 0 Å². The lowest BCUT2D eigenvalue weighted by molar-refractivity contribution is -0.116. The largest absolute Gasteiger partial charge is 0.337 e. The van der Waals surface area contributed by atoms with Crippen LogP contribution in [0.4, 0.5) is 0 Å². The van der Waals surface area contributed by atoms with Gasteiger partial charge in [0.05, 0.1) is 0 Å². The van der Waals surface area contributed by atoms with Crippen molar-refractivity contribution >= 4 is 25.0 Å². The van der Waals surface area contributed by atoms with Gasteiger partial charge in [-0.25, -0.2) is 0 Å². The van der Waals surface area contributed by atoms with Gasteiger partial charge in [-0.15, -0.1) is 0 Å². The molecule has 94 valence electrons. The van der Waals surface area contributed by atoms with Crippen LogP contribution in [0.1, 0.15) is 5.56 Å². The molecule has 6 heteroatoms. The Morgan fingerprint density at radius 2 is 1.76 bits per heavy atom. The maximum atomic E-state index is 11.7. The third-order valence-corrected chi connectivity index (χ3v) is 4.35. The summed E-state index contributed by atoms with van der Waals surface area (Å²) in [6.45, 7) is 0. The first kappa shape index (κ1) is 14.4. The molecule has 0 aliphatic heterocycles. The van der Waals surface area contributed by atoms with Gasteiger partial charge in [0.1, 0.15) is 11.9 Å². The van der Waals surface area contributed by atoms with Crippen LogP contribution in [0.25, 0.3) is 0 Å². The van der Waals surface area contributed by atoms with Gasteiger partial charge in [-0.3, -0.25) is 9.36 Å². The number of hydrogen-bond acceptors (Lipinski definition) is 4. The van der Waals surface area contributed by atoms with Crippen LogP contribution in [0.2, 0.25) is 5.02 Å². The Kier molecular flexibility index (Phi) is 5.34. The zero-order chi connectivity index (χ0) is 12.9. The smallest absolute Gasteiger partial charge is 0.312 e. The van der Waals surface area contributed by atoms with Crippen LogP contribution in [-0.2, 0) is 24.8 Å². The van der Waals surface area contributed by atoms with Crippen LogP contribution in [-0.4, -0.2) is 26.2 Å². The molecular weight excluding hydrogens is 263 g/mol. The minimum absolute atomic E-state index is 0.188. The molecule has 0 bridgehead atoms. The van der Waals surface area contributed by atoms with Crippen molar-refractivity contribution in [2.75, 3.05) is 20.4 Å². The number of carbonyl (C=O) groups excluding carboxylic acids is 1. The molecule has 0 atom stereocenters. The van der Waals surface area contributed by atoms with Crippen LogP contribution < -0.4 is 0 Å². The number of carbonyl (C=O) groups is 1. The first-order valence-corrected chi connectivity index (χ1v) is 7.06. The summed E-state index contributed by atoms with van der Waals surface area (Å²) in [6, 6.07) is 6.92. The van der Waals surface area contributed by atoms with E-state index in [1.54, 1.807) is 24.3 Å². The molecule has 0 fully saturated rings. The Morgan fingerprint density at radius 1 is 1.24 bits per heavy atom. The van der Waals surface area contributed by atoms with Crippen molar-refractivity contribution in [1.29, 1.82) is 0 Å². The molecule has 0 aliphatic carbocycles. The van der Waals surface area contributed by atoms with E-state index in [1.807, 2.05) is 0 Å². The summed E-state index contributed by atoms with van der Waals surface area (Å²) in [5.41, 5.74) is 0.818.